The number of fused-ring (bicyclic) bond motifs is 13. The molecule has 298 valence electrons. The molecule has 0 saturated carbocycles. The van der Waals surface area contributed by atoms with Gasteiger partial charge in [0, 0.05) is 44.3 Å². The molecular weight excluding hydrogens is 773 g/mol. The molecule has 0 bridgehead atoms. The van der Waals surface area contributed by atoms with Gasteiger partial charge in [-0.15, -0.1) is 0 Å². The van der Waals surface area contributed by atoms with Crippen molar-refractivity contribution in [1.82, 2.24) is 4.57 Å². The Morgan fingerprint density at radius 2 is 0.781 bits per heavy atom. The zero-order valence-electron chi connectivity index (χ0n) is 35.0. The van der Waals surface area contributed by atoms with Crippen LogP contribution >= 0.6 is 0 Å². The van der Waals surface area contributed by atoms with Gasteiger partial charge in [0.1, 0.15) is 0 Å². The van der Waals surface area contributed by atoms with Crippen LogP contribution < -0.4 is 4.90 Å². The van der Waals surface area contributed by atoms with Crippen LogP contribution in [0.2, 0.25) is 0 Å². The number of anilines is 3. The van der Waals surface area contributed by atoms with E-state index in [1.165, 1.54) is 97.9 Å². The van der Waals surface area contributed by atoms with Crippen LogP contribution in [0.1, 0.15) is 0 Å². The fraction of sp³-hybridized carbons (Fsp3) is 0. The molecule has 2 heteroatoms. The van der Waals surface area contributed by atoms with Crippen molar-refractivity contribution in [3.05, 3.63) is 243 Å². The lowest BCUT2D eigenvalue weighted by Gasteiger charge is -2.26. The molecule has 1 heterocycles. The Balaban J connectivity index is 0.982. The van der Waals surface area contributed by atoms with Gasteiger partial charge in [0.2, 0.25) is 0 Å². The average molecular weight is 813 g/mol. The Kier molecular flexibility index (Phi) is 8.25. The quantitative estimate of drug-likeness (QED) is 0.152. The lowest BCUT2D eigenvalue weighted by molar-refractivity contribution is 1.18. The summed E-state index contributed by atoms with van der Waals surface area (Å²) in [5.41, 5.74) is 11.7. The minimum atomic E-state index is 1.09. The second-order valence-corrected chi connectivity index (χ2v) is 16.8. The molecule has 1 aromatic heterocycles. The van der Waals surface area contributed by atoms with E-state index in [1.54, 1.807) is 0 Å². The molecule has 12 aromatic carbocycles. The summed E-state index contributed by atoms with van der Waals surface area (Å²) >= 11 is 0. The molecule has 64 heavy (non-hydrogen) atoms. The number of nitrogens with zero attached hydrogens (tertiary/aromatic N) is 2. The van der Waals surface area contributed by atoms with Crippen LogP contribution in [-0.4, -0.2) is 4.57 Å². The molecule has 0 amide bonds. The highest BCUT2D eigenvalue weighted by Gasteiger charge is 2.21. The van der Waals surface area contributed by atoms with Gasteiger partial charge >= 0.3 is 0 Å². The van der Waals surface area contributed by atoms with Crippen LogP contribution in [0.5, 0.6) is 0 Å². The lowest BCUT2D eigenvalue weighted by Crippen LogP contribution is -2.10. The number of rotatable bonds is 6. The van der Waals surface area contributed by atoms with Crippen molar-refractivity contribution in [2.24, 2.45) is 0 Å². The SMILES string of the molecule is c1ccc(-c2ccc(N(c3ccc(-c4cc5ccccc5c5ccccc45)cc3)c3ccc(-n4c5ccccc5c5c6c7ccccc7ccc6c6ccccc6c54)cc3)cc2)cc1. The Bertz CT molecular complexity index is 3920. The van der Waals surface area contributed by atoms with Crippen molar-refractivity contribution in [1.29, 1.82) is 0 Å². The first kappa shape index (κ1) is 36.2. The van der Waals surface area contributed by atoms with E-state index in [2.05, 4.69) is 252 Å². The highest BCUT2D eigenvalue weighted by Crippen LogP contribution is 2.46. The van der Waals surface area contributed by atoms with Crippen LogP contribution in [0.25, 0.3) is 104 Å². The first-order chi connectivity index (χ1) is 31.8. The summed E-state index contributed by atoms with van der Waals surface area (Å²) < 4.78 is 2.49. The highest BCUT2D eigenvalue weighted by molar-refractivity contribution is 6.36. The van der Waals surface area contributed by atoms with Gasteiger partial charge in [0.15, 0.2) is 0 Å². The maximum absolute atomic E-state index is 2.49. The summed E-state index contributed by atoms with van der Waals surface area (Å²) in [6, 6.07) is 88.9. The molecular formula is C62H40N2. The number of benzene rings is 12. The largest absolute Gasteiger partial charge is 0.311 e. The zero-order chi connectivity index (χ0) is 42.1. The summed E-state index contributed by atoms with van der Waals surface area (Å²) in [6.45, 7) is 0. The zero-order valence-corrected chi connectivity index (χ0v) is 35.0. The minimum Gasteiger partial charge on any atom is -0.311 e. The molecule has 13 aromatic rings. The topological polar surface area (TPSA) is 8.17 Å². The van der Waals surface area contributed by atoms with E-state index in [-0.39, 0.29) is 0 Å². The fourth-order valence-electron chi connectivity index (χ4n) is 10.4. The summed E-state index contributed by atoms with van der Waals surface area (Å²) in [7, 11) is 0. The molecule has 0 aliphatic carbocycles. The second-order valence-electron chi connectivity index (χ2n) is 16.8. The summed E-state index contributed by atoms with van der Waals surface area (Å²) in [5.74, 6) is 0. The van der Waals surface area contributed by atoms with E-state index < -0.39 is 0 Å². The van der Waals surface area contributed by atoms with Crippen molar-refractivity contribution in [3.8, 4) is 27.9 Å². The maximum Gasteiger partial charge on any atom is 0.0626 e. The Morgan fingerprint density at radius 3 is 1.48 bits per heavy atom. The standard InChI is InChI=1S/C62H40N2/c1-2-14-41(15-3-1)42-26-31-46(32-27-42)63(47-33-28-44(29-34-47)58-40-45-17-5-6-18-50(45)52-20-8-9-21-53(52)58)48-35-37-49(38-36-48)64-59-25-13-12-24-57(59)61-60-51-19-7-4-16-43(51)30-39-55(60)54-22-10-11-23-56(54)62(61)64/h1-40H. The van der Waals surface area contributed by atoms with Gasteiger partial charge in [0.25, 0.3) is 0 Å². The fourth-order valence-corrected chi connectivity index (χ4v) is 10.4. The molecule has 0 fully saturated rings. The maximum atomic E-state index is 2.49. The second kappa shape index (κ2) is 14.6. The molecule has 0 aliphatic rings. The Hall–Kier alpha value is -8.46. The first-order valence-electron chi connectivity index (χ1n) is 22.1. The van der Waals surface area contributed by atoms with E-state index in [1.807, 2.05) is 0 Å². The molecule has 0 aliphatic heterocycles. The third-order valence-corrected chi connectivity index (χ3v) is 13.3. The van der Waals surface area contributed by atoms with Crippen LogP contribution in [-0.2, 0) is 0 Å². The van der Waals surface area contributed by atoms with Crippen LogP contribution in [0.4, 0.5) is 17.1 Å². The lowest BCUT2D eigenvalue weighted by atomic mass is 9.93. The normalized spacial score (nSPS) is 11.8. The molecule has 2 nitrogen and oxygen atoms in total. The molecule has 0 saturated heterocycles. The average Bonchev–Trinajstić information content (AvgIpc) is 3.72. The van der Waals surface area contributed by atoms with Gasteiger partial charge in [-0.05, 0) is 126 Å². The Labute approximate surface area is 371 Å². The van der Waals surface area contributed by atoms with Gasteiger partial charge in [-0.3, -0.25) is 0 Å². The van der Waals surface area contributed by atoms with E-state index >= 15 is 0 Å². The summed E-state index contributed by atoms with van der Waals surface area (Å²) in [6.07, 6.45) is 0. The summed E-state index contributed by atoms with van der Waals surface area (Å²) in [4.78, 5) is 2.38. The predicted octanol–water partition coefficient (Wildman–Crippen LogP) is 17.4. The molecule has 0 N–H and O–H groups in total. The van der Waals surface area contributed by atoms with Gasteiger partial charge < -0.3 is 9.47 Å². The minimum absolute atomic E-state index is 1.09. The number of hydrogen-bond acceptors (Lipinski definition) is 1. The Morgan fingerprint density at radius 1 is 0.281 bits per heavy atom. The van der Waals surface area contributed by atoms with E-state index in [4.69, 9.17) is 0 Å². The third kappa shape index (κ3) is 5.66. The van der Waals surface area contributed by atoms with Gasteiger partial charge in [-0.2, -0.15) is 0 Å². The number of hydrogen-bond donors (Lipinski definition) is 0. The monoisotopic (exact) mass is 812 g/mol. The van der Waals surface area contributed by atoms with Gasteiger partial charge in [0.05, 0.1) is 11.0 Å². The van der Waals surface area contributed by atoms with Crippen molar-refractivity contribution < 1.29 is 0 Å². The molecule has 0 atom stereocenters. The number of para-hydroxylation sites is 1. The van der Waals surface area contributed by atoms with Crippen molar-refractivity contribution >= 4 is 92.7 Å². The van der Waals surface area contributed by atoms with Crippen LogP contribution in [0.15, 0.2) is 243 Å². The molecule has 0 radical (unpaired) electrons. The van der Waals surface area contributed by atoms with Crippen molar-refractivity contribution in [3.63, 3.8) is 0 Å². The van der Waals surface area contributed by atoms with Crippen LogP contribution in [0, 0.1) is 0 Å². The van der Waals surface area contributed by atoms with E-state index in [0.717, 1.165) is 22.7 Å². The van der Waals surface area contributed by atoms with Gasteiger partial charge in [-0.25, -0.2) is 0 Å². The summed E-state index contributed by atoms with van der Waals surface area (Å²) in [5, 5.41) is 15.3. The van der Waals surface area contributed by atoms with Crippen LogP contribution in [0.3, 0.4) is 0 Å². The van der Waals surface area contributed by atoms with Gasteiger partial charge in [-0.1, -0.05) is 182 Å². The van der Waals surface area contributed by atoms with Crippen molar-refractivity contribution in [2.45, 2.75) is 0 Å². The third-order valence-electron chi connectivity index (χ3n) is 13.3. The number of aromatic nitrogens is 1. The highest BCUT2D eigenvalue weighted by atomic mass is 15.1. The van der Waals surface area contributed by atoms with Crippen molar-refractivity contribution in [2.75, 3.05) is 4.90 Å². The molecule has 0 unspecified atom stereocenters. The first-order valence-corrected chi connectivity index (χ1v) is 22.1. The molecule has 0 spiro atoms. The smallest absolute Gasteiger partial charge is 0.0626 e. The van der Waals surface area contributed by atoms with E-state index in [9.17, 15) is 0 Å². The van der Waals surface area contributed by atoms with E-state index in [0.29, 0.717) is 0 Å². The molecule has 13 rings (SSSR count). The predicted molar refractivity (Wildman–Crippen MR) is 274 cm³/mol.